The molecule has 1 aliphatic rings. The zero-order chi connectivity index (χ0) is 19.2. The number of carbonyl (C=O) groups is 2. The fourth-order valence-corrected chi connectivity index (χ4v) is 3.28. The van der Waals surface area contributed by atoms with Crippen LogP contribution >= 0.6 is 0 Å². The number of amides is 2. The van der Waals surface area contributed by atoms with E-state index in [0.29, 0.717) is 36.9 Å². The molecular formula is C20H27N5O2. The number of likely N-dealkylation sites (tertiary alicyclic amines) is 1. The number of aromatic amines is 1. The van der Waals surface area contributed by atoms with Crippen molar-refractivity contribution in [1.82, 2.24) is 25.4 Å². The third-order valence-electron chi connectivity index (χ3n) is 4.88. The Kier molecular flexibility index (Phi) is 6.21. The summed E-state index contributed by atoms with van der Waals surface area (Å²) in [6.45, 7) is 6.08. The Hall–Kier alpha value is -2.70. The van der Waals surface area contributed by atoms with E-state index in [1.807, 2.05) is 12.1 Å². The smallest absolute Gasteiger partial charge is 0.271 e. The van der Waals surface area contributed by atoms with Crippen molar-refractivity contribution in [2.75, 3.05) is 19.6 Å². The van der Waals surface area contributed by atoms with Gasteiger partial charge in [-0.05, 0) is 43.4 Å². The average molecular weight is 369 g/mol. The van der Waals surface area contributed by atoms with Crippen molar-refractivity contribution in [2.24, 2.45) is 11.8 Å². The van der Waals surface area contributed by atoms with Crippen LogP contribution < -0.4 is 5.32 Å². The van der Waals surface area contributed by atoms with Gasteiger partial charge < -0.3 is 10.2 Å². The largest absolute Gasteiger partial charge is 0.356 e. The van der Waals surface area contributed by atoms with Gasteiger partial charge in [0.2, 0.25) is 5.91 Å². The van der Waals surface area contributed by atoms with Gasteiger partial charge in [-0.25, -0.2) is 0 Å². The summed E-state index contributed by atoms with van der Waals surface area (Å²) in [4.78, 5) is 31.0. The lowest BCUT2D eigenvalue weighted by Gasteiger charge is -2.31. The van der Waals surface area contributed by atoms with E-state index < -0.39 is 0 Å². The van der Waals surface area contributed by atoms with Gasteiger partial charge in [0.1, 0.15) is 5.69 Å². The molecule has 27 heavy (non-hydrogen) atoms. The first-order valence-electron chi connectivity index (χ1n) is 9.57. The van der Waals surface area contributed by atoms with Gasteiger partial charge in [-0.3, -0.25) is 19.7 Å². The van der Waals surface area contributed by atoms with Gasteiger partial charge in [0.25, 0.3) is 5.91 Å². The molecule has 0 aromatic carbocycles. The van der Waals surface area contributed by atoms with E-state index >= 15 is 0 Å². The molecule has 7 heteroatoms. The predicted octanol–water partition coefficient (Wildman–Crippen LogP) is 2.49. The number of aromatic nitrogens is 3. The maximum absolute atomic E-state index is 12.8. The van der Waals surface area contributed by atoms with Crippen molar-refractivity contribution in [3.8, 4) is 11.3 Å². The van der Waals surface area contributed by atoms with Gasteiger partial charge >= 0.3 is 0 Å². The van der Waals surface area contributed by atoms with Crippen molar-refractivity contribution < 1.29 is 9.59 Å². The van der Waals surface area contributed by atoms with E-state index in [0.717, 1.165) is 24.8 Å². The van der Waals surface area contributed by atoms with Crippen LogP contribution in [0.1, 0.15) is 43.6 Å². The van der Waals surface area contributed by atoms with Crippen molar-refractivity contribution in [3.63, 3.8) is 0 Å². The highest BCUT2D eigenvalue weighted by Gasteiger charge is 2.29. The Labute approximate surface area is 159 Å². The summed E-state index contributed by atoms with van der Waals surface area (Å²) in [6, 6.07) is 5.45. The molecule has 1 saturated heterocycles. The van der Waals surface area contributed by atoms with Crippen LogP contribution in [0.2, 0.25) is 0 Å². The van der Waals surface area contributed by atoms with E-state index in [1.165, 1.54) is 0 Å². The van der Waals surface area contributed by atoms with Gasteiger partial charge in [-0.2, -0.15) is 5.10 Å². The van der Waals surface area contributed by atoms with Crippen LogP contribution in [-0.2, 0) is 4.79 Å². The first-order valence-corrected chi connectivity index (χ1v) is 9.57. The minimum atomic E-state index is -0.141. The summed E-state index contributed by atoms with van der Waals surface area (Å²) in [5, 5.41) is 10.1. The third kappa shape index (κ3) is 4.93. The van der Waals surface area contributed by atoms with Crippen molar-refractivity contribution in [2.45, 2.75) is 33.1 Å². The van der Waals surface area contributed by atoms with Gasteiger partial charge in [0.15, 0.2) is 0 Å². The normalized spacial score (nSPS) is 17.1. The second-order valence-electron chi connectivity index (χ2n) is 7.47. The standard InChI is InChI=1S/C20H27N5O2/c1-14(2)5-10-22-19(26)16-4-3-11-25(13-16)20(27)18-12-17(23-24-18)15-6-8-21-9-7-15/h6-9,12,14,16H,3-5,10-11,13H2,1-2H3,(H,22,26)(H,23,24)/t16-/m1/s1. The number of pyridine rings is 1. The fraction of sp³-hybridized carbons (Fsp3) is 0.500. The maximum atomic E-state index is 12.8. The Morgan fingerprint density at radius 1 is 1.33 bits per heavy atom. The van der Waals surface area contributed by atoms with E-state index in [1.54, 1.807) is 23.4 Å². The van der Waals surface area contributed by atoms with Crippen LogP contribution in [0.4, 0.5) is 0 Å². The molecule has 3 rings (SSSR count). The minimum absolute atomic E-state index is 0.0511. The van der Waals surface area contributed by atoms with Crippen LogP contribution in [0.3, 0.4) is 0 Å². The molecule has 2 N–H and O–H groups in total. The lowest BCUT2D eigenvalue weighted by molar-refractivity contribution is -0.126. The van der Waals surface area contributed by atoms with Gasteiger partial charge in [-0.15, -0.1) is 0 Å². The first kappa shape index (κ1) is 19.1. The Morgan fingerprint density at radius 2 is 2.11 bits per heavy atom. The lowest BCUT2D eigenvalue weighted by Crippen LogP contribution is -2.45. The summed E-state index contributed by atoms with van der Waals surface area (Å²) >= 11 is 0. The molecule has 0 bridgehead atoms. The second-order valence-corrected chi connectivity index (χ2v) is 7.47. The fourth-order valence-electron chi connectivity index (χ4n) is 3.28. The van der Waals surface area contributed by atoms with Crippen molar-refractivity contribution >= 4 is 11.8 Å². The summed E-state index contributed by atoms with van der Waals surface area (Å²) in [6.07, 6.45) is 6.01. The quantitative estimate of drug-likeness (QED) is 0.818. The first-order chi connectivity index (χ1) is 13.0. The molecule has 2 aromatic heterocycles. The third-order valence-corrected chi connectivity index (χ3v) is 4.88. The number of nitrogens with one attached hydrogen (secondary N) is 2. The lowest BCUT2D eigenvalue weighted by atomic mass is 9.96. The van der Waals surface area contributed by atoms with E-state index in [4.69, 9.17) is 0 Å². The summed E-state index contributed by atoms with van der Waals surface area (Å²) < 4.78 is 0. The Bertz CT molecular complexity index is 772. The topological polar surface area (TPSA) is 91.0 Å². The van der Waals surface area contributed by atoms with E-state index in [9.17, 15) is 9.59 Å². The van der Waals surface area contributed by atoms with Crippen LogP contribution in [0.5, 0.6) is 0 Å². The molecule has 3 heterocycles. The molecule has 2 aromatic rings. The molecule has 0 aliphatic carbocycles. The minimum Gasteiger partial charge on any atom is -0.356 e. The van der Waals surface area contributed by atoms with Crippen molar-refractivity contribution in [1.29, 1.82) is 0 Å². The molecule has 0 saturated carbocycles. The number of rotatable bonds is 6. The van der Waals surface area contributed by atoms with Crippen LogP contribution in [0, 0.1) is 11.8 Å². The maximum Gasteiger partial charge on any atom is 0.271 e. The van der Waals surface area contributed by atoms with E-state index in [2.05, 4.69) is 34.3 Å². The predicted molar refractivity (Wildman–Crippen MR) is 103 cm³/mol. The number of hydrogen-bond acceptors (Lipinski definition) is 4. The SMILES string of the molecule is CC(C)CCNC(=O)[C@@H]1CCCN(C(=O)c2cc(-c3ccncc3)n[nH]2)C1. The summed E-state index contributed by atoms with van der Waals surface area (Å²) in [5.41, 5.74) is 2.06. The Balaban J connectivity index is 1.60. The molecule has 1 fully saturated rings. The van der Waals surface area contributed by atoms with Crippen molar-refractivity contribution in [3.05, 3.63) is 36.3 Å². The van der Waals surface area contributed by atoms with Crippen LogP contribution in [0.15, 0.2) is 30.6 Å². The molecule has 0 radical (unpaired) electrons. The van der Waals surface area contributed by atoms with Crippen LogP contribution in [0.25, 0.3) is 11.3 Å². The second kappa shape index (κ2) is 8.79. The zero-order valence-electron chi connectivity index (χ0n) is 15.9. The van der Waals surface area contributed by atoms with Gasteiger partial charge in [-0.1, -0.05) is 13.8 Å². The number of H-pyrrole nitrogens is 1. The molecular weight excluding hydrogens is 342 g/mol. The Morgan fingerprint density at radius 3 is 2.85 bits per heavy atom. The highest BCUT2D eigenvalue weighted by Crippen LogP contribution is 2.21. The molecule has 144 valence electrons. The van der Waals surface area contributed by atoms with Gasteiger partial charge in [0, 0.05) is 37.6 Å². The summed E-state index contributed by atoms with van der Waals surface area (Å²) in [7, 11) is 0. The summed E-state index contributed by atoms with van der Waals surface area (Å²) in [5.74, 6) is 0.361. The number of piperidine rings is 1. The molecule has 0 unspecified atom stereocenters. The van der Waals surface area contributed by atoms with Gasteiger partial charge in [0.05, 0.1) is 11.6 Å². The molecule has 2 amide bonds. The highest BCUT2D eigenvalue weighted by molar-refractivity contribution is 5.94. The molecule has 0 spiro atoms. The monoisotopic (exact) mass is 369 g/mol. The number of hydrogen-bond donors (Lipinski definition) is 2. The number of carbonyl (C=O) groups excluding carboxylic acids is 2. The zero-order valence-corrected chi connectivity index (χ0v) is 15.9. The van der Waals surface area contributed by atoms with E-state index in [-0.39, 0.29) is 17.7 Å². The molecule has 1 aliphatic heterocycles. The van der Waals surface area contributed by atoms with Crippen LogP contribution in [-0.4, -0.2) is 51.5 Å². The number of nitrogens with zero attached hydrogens (tertiary/aromatic N) is 3. The highest BCUT2D eigenvalue weighted by atomic mass is 16.2. The average Bonchev–Trinajstić information content (AvgIpc) is 3.18. The molecule has 1 atom stereocenters. The molecule has 7 nitrogen and oxygen atoms in total.